The molecule has 0 aromatic carbocycles. The molecule has 0 bridgehead atoms. The summed E-state index contributed by atoms with van der Waals surface area (Å²) in [5, 5.41) is 0. The Morgan fingerprint density at radius 3 is 2.80 bits per heavy atom. The van der Waals surface area contributed by atoms with E-state index in [1.165, 1.54) is 6.92 Å². The Morgan fingerprint density at radius 1 is 1.60 bits per heavy atom. The molecule has 15 heavy (non-hydrogen) atoms. The highest BCUT2D eigenvalue weighted by Gasteiger charge is 2.35. The first kappa shape index (κ1) is 12.5. The summed E-state index contributed by atoms with van der Waals surface area (Å²) in [4.78, 5) is 11.0. The molecular weight excluding hydrogens is 192 g/mol. The maximum absolute atomic E-state index is 11.0. The Bertz CT molecular complexity index is 225. The zero-order chi connectivity index (χ0) is 11.5. The van der Waals surface area contributed by atoms with E-state index in [0.717, 1.165) is 19.3 Å². The van der Waals surface area contributed by atoms with Gasteiger partial charge in [0, 0.05) is 19.8 Å². The van der Waals surface area contributed by atoms with E-state index in [2.05, 4.69) is 13.8 Å². The fraction of sp³-hybridized carbons (Fsp3) is 0.917. The van der Waals surface area contributed by atoms with Gasteiger partial charge in [-0.1, -0.05) is 13.8 Å². The molecule has 1 fully saturated rings. The van der Waals surface area contributed by atoms with Crippen LogP contribution >= 0.6 is 0 Å². The lowest BCUT2D eigenvalue weighted by Gasteiger charge is -2.38. The van der Waals surface area contributed by atoms with Gasteiger partial charge in [-0.25, -0.2) is 0 Å². The molecule has 1 rings (SSSR count). The summed E-state index contributed by atoms with van der Waals surface area (Å²) >= 11 is 0. The first-order chi connectivity index (χ1) is 6.91. The summed E-state index contributed by atoms with van der Waals surface area (Å²) in [5.74, 6) is 0.428. The first-order valence-electron chi connectivity index (χ1n) is 5.72. The molecule has 0 aromatic heterocycles. The van der Waals surface area contributed by atoms with Crippen LogP contribution in [-0.4, -0.2) is 24.3 Å². The van der Waals surface area contributed by atoms with Crippen molar-refractivity contribution in [3.05, 3.63) is 0 Å². The number of carbonyl (C=O) groups is 1. The molecular formula is C12H22O3. The van der Waals surface area contributed by atoms with Crippen LogP contribution in [0.2, 0.25) is 0 Å². The number of esters is 1. The van der Waals surface area contributed by atoms with Crippen LogP contribution in [0.4, 0.5) is 0 Å². The third-order valence-electron chi connectivity index (χ3n) is 2.77. The van der Waals surface area contributed by atoms with Crippen LogP contribution in [0, 0.1) is 5.92 Å². The van der Waals surface area contributed by atoms with Crippen molar-refractivity contribution >= 4 is 5.97 Å². The Balaban J connectivity index is 2.50. The van der Waals surface area contributed by atoms with Gasteiger partial charge in [0.2, 0.25) is 0 Å². The van der Waals surface area contributed by atoms with Crippen LogP contribution in [-0.2, 0) is 14.3 Å². The second-order valence-electron chi connectivity index (χ2n) is 5.12. The van der Waals surface area contributed by atoms with Crippen LogP contribution in [0.3, 0.4) is 0 Å². The van der Waals surface area contributed by atoms with Crippen LogP contribution in [0.25, 0.3) is 0 Å². The molecule has 88 valence electrons. The zero-order valence-electron chi connectivity index (χ0n) is 10.2. The molecule has 0 saturated carbocycles. The van der Waals surface area contributed by atoms with E-state index < -0.39 is 0 Å². The third kappa shape index (κ3) is 4.20. The van der Waals surface area contributed by atoms with E-state index in [9.17, 15) is 4.79 Å². The van der Waals surface area contributed by atoms with Crippen molar-refractivity contribution in [2.45, 2.75) is 58.7 Å². The van der Waals surface area contributed by atoms with Crippen molar-refractivity contribution in [3.63, 3.8) is 0 Å². The molecule has 1 aliphatic heterocycles. The average Bonchev–Trinajstić information content (AvgIpc) is 1.99. The lowest BCUT2D eigenvalue weighted by atomic mass is 9.88. The van der Waals surface area contributed by atoms with E-state index in [0.29, 0.717) is 12.5 Å². The van der Waals surface area contributed by atoms with E-state index >= 15 is 0 Å². The van der Waals surface area contributed by atoms with Gasteiger partial charge in [0.25, 0.3) is 0 Å². The Morgan fingerprint density at radius 2 is 2.27 bits per heavy atom. The fourth-order valence-electron chi connectivity index (χ4n) is 2.20. The predicted octanol–water partition coefficient (Wildman–Crippen LogP) is 2.53. The molecule has 3 nitrogen and oxygen atoms in total. The molecule has 0 spiro atoms. The molecule has 0 radical (unpaired) electrons. The summed E-state index contributed by atoms with van der Waals surface area (Å²) in [6.45, 7) is 8.53. The maximum Gasteiger partial charge on any atom is 0.303 e. The Hall–Kier alpha value is -0.570. The lowest BCUT2D eigenvalue weighted by Crippen LogP contribution is -2.42. The van der Waals surface area contributed by atoms with Gasteiger partial charge in [-0.2, -0.15) is 0 Å². The van der Waals surface area contributed by atoms with E-state index in [1.54, 1.807) is 0 Å². The highest BCUT2D eigenvalue weighted by Crippen LogP contribution is 2.30. The number of hydrogen-bond donors (Lipinski definition) is 0. The second-order valence-corrected chi connectivity index (χ2v) is 5.12. The molecule has 0 amide bonds. The number of rotatable bonds is 3. The lowest BCUT2D eigenvalue weighted by molar-refractivity contribution is -0.170. The van der Waals surface area contributed by atoms with Gasteiger partial charge in [0.15, 0.2) is 0 Å². The van der Waals surface area contributed by atoms with Crippen molar-refractivity contribution in [2.75, 3.05) is 6.61 Å². The van der Waals surface area contributed by atoms with Crippen molar-refractivity contribution in [2.24, 2.45) is 5.92 Å². The average molecular weight is 214 g/mol. The van der Waals surface area contributed by atoms with Crippen LogP contribution in [0.1, 0.15) is 47.0 Å². The summed E-state index contributed by atoms with van der Waals surface area (Å²) in [7, 11) is 0. The van der Waals surface area contributed by atoms with Gasteiger partial charge < -0.3 is 9.47 Å². The minimum absolute atomic E-state index is 0.192. The quantitative estimate of drug-likeness (QED) is 0.677. The highest BCUT2D eigenvalue weighted by atomic mass is 16.6. The van der Waals surface area contributed by atoms with Crippen molar-refractivity contribution < 1.29 is 14.3 Å². The fourth-order valence-corrected chi connectivity index (χ4v) is 2.20. The van der Waals surface area contributed by atoms with Gasteiger partial charge in [-0.05, 0) is 19.3 Å². The van der Waals surface area contributed by atoms with Gasteiger partial charge in [0.1, 0.15) is 5.60 Å². The van der Waals surface area contributed by atoms with Crippen LogP contribution < -0.4 is 0 Å². The van der Waals surface area contributed by atoms with Crippen molar-refractivity contribution in [1.82, 2.24) is 0 Å². The van der Waals surface area contributed by atoms with Gasteiger partial charge in [-0.3, -0.25) is 4.79 Å². The molecule has 2 atom stereocenters. The molecule has 1 aliphatic rings. The van der Waals surface area contributed by atoms with Crippen molar-refractivity contribution in [3.8, 4) is 0 Å². The summed E-state index contributed by atoms with van der Waals surface area (Å²) in [6, 6.07) is 0. The summed E-state index contributed by atoms with van der Waals surface area (Å²) in [5.41, 5.74) is -0.316. The molecule has 2 unspecified atom stereocenters. The smallest absolute Gasteiger partial charge is 0.303 e. The standard InChI is InChI=1S/C12H22O3/c1-9(2)7-11-8-12(4,5-6-14-11)15-10(3)13/h9,11H,5-8H2,1-4H3. The summed E-state index contributed by atoms with van der Waals surface area (Å²) < 4.78 is 11.0. The van der Waals surface area contributed by atoms with Gasteiger partial charge in [0.05, 0.1) is 12.7 Å². The summed E-state index contributed by atoms with van der Waals surface area (Å²) in [6.07, 6.45) is 2.91. The topological polar surface area (TPSA) is 35.5 Å². The molecule has 3 heteroatoms. The monoisotopic (exact) mass is 214 g/mol. The third-order valence-corrected chi connectivity index (χ3v) is 2.77. The maximum atomic E-state index is 11.0. The highest BCUT2D eigenvalue weighted by molar-refractivity contribution is 5.66. The van der Waals surface area contributed by atoms with Crippen LogP contribution in [0.15, 0.2) is 0 Å². The van der Waals surface area contributed by atoms with E-state index in [4.69, 9.17) is 9.47 Å². The molecule has 0 N–H and O–H groups in total. The minimum Gasteiger partial charge on any atom is -0.459 e. The van der Waals surface area contributed by atoms with Crippen LogP contribution in [0.5, 0.6) is 0 Å². The zero-order valence-corrected chi connectivity index (χ0v) is 10.2. The molecule has 1 saturated heterocycles. The SMILES string of the molecule is CC(=O)OC1(C)CCOC(CC(C)C)C1. The Labute approximate surface area is 92.1 Å². The second kappa shape index (κ2) is 4.97. The van der Waals surface area contributed by atoms with Gasteiger partial charge >= 0.3 is 5.97 Å². The number of ether oxygens (including phenoxy) is 2. The first-order valence-corrected chi connectivity index (χ1v) is 5.72. The number of hydrogen-bond acceptors (Lipinski definition) is 3. The van der Waals surface area contributed by atoms with E-state index in [-0.39, 0.29) is 17.7 Å². The molecule has 1 heterocycles. The Kier molecular flexibility index (Phi) is 4.14. The largest absolute Gasteiger partial charge is 0.459 e. The molecule has 0 aromatic rings. The normalized spacial score (nSPS) is 31.7. The van der Waals surface area contributed by atoms with Crippen molar-refractivity contribution in [1.29, 1.82) is 0 Å². The predicted molar refractivity (Wildman–Crippen MR) is 58.6 cm³/mol. The number of carbonyl (C=O) groups excluding carboxylic acids is 1. The van der Waals surface area contributed by atoms with E-state index in [1.807, 2.05) is 6.92 Å². The molecule has 0 aliphatic carbocycles. The minimum atomic E-state index is -0.316. The van der Waals surface area contributed by atoms with Gasteiger partial charge in [-0.15, -0.1) is 0 Å².